The highest BCUT2D eigenvalue weighted by Gasteiger charge is 2.76. The lowest BCUT2D eigenvalue weighted by atomic mass is 9.70. The van der Waals surface area contributed by atoms with Gasteiger partial charge in [0.05, 0.1) is 30.6 Å². The number of halogens is 1. The molecule has 3 heterocycles. The highest BCUT2D eigenvalue weighted by Crippen LogP contribution is 2.60. The molecule has 0 aliphatic carbocycles. The first-order valence-corrected chi connectivity index (χ1v) is 13.0. The minimum atomic E-state index is -1.13. The van der Waals surface area contributed by atoms with Gasteiger partial charge in [-0.15, -0.1) is 0 Å². The van der Waals surface area contributed by atoms with E-state index < -0.39 is 35.6 Å². The molecule has 1 spiro atoms. The van der Waals surface area contributed by atoms with Gasteiger partial charge in [-0.1, -0.05) is 41.9 Å². The molecule has 3 aliphatic heterocycles. The fourth-order valence-electron chi connectivity index (χ4n) is 5.91. The number of nitrogens with zero attached hydrogens (tertiary/aromatic N) is 1. The van der Waals surface area contributed by atoms with Crippen molar-refractivity contribution in [2.75, 3.05) is 18.5 Å². The molecule has 3 aliphatic rings. The van der Waals surface area contributed by atoms with Gasteiger partial charge < -0.3 is 25.4 Å². The molecular weight excluding hydrogens is 502 g/mol. The van der Waals surface area contributed by atoms with Crippen molar-refractivity contribution in [3.63, 3.8) is 0 Å². The topological polar surface area (TPSA) is 108 Å². The van der Waals surface area contributed by atoms with Gasteiger partial charge in [0.15, 0.2) is 0 Å². The van der Waals surface area contributed by atoms with Gasteiger partial charge in [-0.05, 0) is 50.3 Å². The Hall–Kier alpha value is -1.97. The summed E-state index contributed by atoms with van der Waals surface area (Å²) < 4.78 is 6.46. The maximum absolute atomic E-state index is 13.9. The molecule has 3 N–H and O–H groups in total. The van der Waals surface area contributed by atoms with Crippen LogP contribution in [0.2, 0.25) is 0 Å². The van der Waals surface area contributed by atoms with Crippen LogP contribution < -0.4 is 10.6 Å². The van der Waals surface area contributed by atoms with E-state index in [1.807, 2.05) is 45.9 Å². The highest BCUT2D eigenvalue weighted by atomic mass is 79.9. The third-order valence-corrected chi connectivity index (χ3v) is 8.40. The van der Waals surface area contributed by atoms with Crippen molar-refractivity contribution >= 4 is 39.3 Å². The second kappa shape index (κ2) is 9.59. The lowest BCUT2D eigenvalue weighted by Crippen LogP contribution is -2.56. The molecule has 1 aromatic rings. The monoisotopic (exact) mass is 535 g/mol. The van der Waals surface area contributed by atoms with E-state index in [-0.39, 0.29) is 29.2 Å². The van der Waals surface area contributed by atoms with Crippen LogP contribution in [0.4, 0.5) is 5.69 Å². The van der Waals surface area contributed by atoms with Crippen LogP contribution in [0.15, 0.2) is 18.2 Å². The zero-order chi connectivity index (χ0) is 24.8. The minimum Gasteiger partial charge on any atom is -0.394 e. The van der Waals surface area contributed by atoms with Gasteiger partial charge in [-0.25, -0.2) is 0 Å². The van der Waals surface area contributed by atoms with Crippen molar-refractivity contribution in [1.82, 2.24) is 10.2 Å². The second-order valence-electron chi connectivity index (χ2n) is 9.75. The van der Waals surface area contributed by atoms with Crippen molar-refractivity contribution in [1.29, 1.82) is 0 Å². The van der Waals surface area contributed by atoms with Gasteiger partial charge in [0.25, 0.3) is 0 Å². The van der Waals surface area contributed by atoms with Crippen molar-refractivity contribution in [3.8, 4) is 0 Å². The summed E-state index contributed by atoms with van der Waals surface area (Å²) in [5, 5.41) is 16.0. The number of aliphatic hydroxyl groups is 1. The lowest BCUT2D eigenvalue weighted by Gasteiger charge is -2.36. The number of fused-ring (bicyclic) bond motifs is 1. The van der Waals surface area contributed by atoms with Crippen molar-refractivity contribution in [3.05, 3.63) is 29.3 Å². The molecule has 0 saturated carbocycles. The summed E-state index contributed by atoms with van der Waals surface area (Å²) in [4.78, 5) is 42.2. The first kappa shape index (κ1) is 25.1. The largest absolute Gasteiger partial charge is 0.394 e. The van der Waals surface area contributed by atoms with Crippen LogP contribution in [0.25, 0.3) is 0 Å². The van der Waals surface area contributed by atoms with Crippen LogP contribution in [-0.4, -0.2) is 69.5 Å². The van der Waals surface area contributed by atoms with Gasteiger partial charge in [0.2, 0.25) is 17.7 Å². The van der Waals surface area contributed by atoms with E-state index in [0.717, 1.165) is 17.5 Å². The Balaban J connectivity index is 1.76. The number of nitrogens with one attached hydrogen (secondary N) is 2. The molecule has 3 unspecified atom stereocenters. The van der Waals surface area contributed by atoms with E-state index in [9.17, 15) is 19.5 Å². The number of likely N-dealkylation sites (tertiary alicyclic amines) is 1. The summed E-state index contributed by atoms with van der Waals surface area (Å²) in [5.41, 5.74) is 1.46. The van der Waals surface area contributed by atoms with Gasteiger partial charge >= 0.3 is 0 Å². The van der Waals surface area contributed by atoms with Gasteiger partial charge in [-0.2, -0.15) is 0 Å². The van der Waals surface area contributed by atoms with Gasteiger partial charge in [-0.3, -0.25) is 14.4 Å². The van der Waals surface area contributed by atoms with Crippen LogP contribution >= 0.6 is 15.9 Å². The summed E-state index contributed by atoms with van der Waals surface area (Å²) in [6, 6.07) is 4.31. The number of carbonyl (C=O) groups is 3. The molecule has 1 aromatic carbocycles. The van der Waals surface area contributed by atoms with Crippen molar-refractivity contribution in [2.24, 2.45) is 11.8 Å². The number of rotatable bonds is 8. The molecule has 8 nitrogen and oxygen atoms in total. The zero-order valence-corrected chi connectivity index (χ0v) is 21.7. The van der Waals surface area contributed by atoms with E-state index in [4.69, 9.17) is 4.74 Å². The number of ether oxygens (including phenoxy) is 1. The number of carbonyl (C=O) groups excluding carboxylic acids is 3. The first-order chi connectivity index (χ1) is 16.2. The van der Waals surface area contributed by atoms with Crippen LogP contribution in [-0.2, 0) is 19.1 Å². The Morgan fingerprint density at radius 2 is 2.03 bits per heavy atom. The number of aryl methyl sites for hydroxylation is 2. The van der Waals surface area contributed by atoms with Crippen LogP contribution in [0.3, 0.4) is 0 Å². The van der Waals surface area contributed by atoms with E-state index >= 15 is 0 Å². The number of aliphatic hydroxyl groups excluding tert-OH is 1. The molecule has 2 bridgehead atoms. The zero-order valence-electron chi connectivity index (χ0n) is 20.1. The average Bonchev–Trinajstić information content (AvgIpc) is 3.39. The summed E-state index contributed by atoms with van der Waals surface area (Å²) >= 11 is 3.66. The van der Waals surface area contributed by atoms with Crippen molar-refractivity contribution < 1.29 is 24.2 Å². The Morgan fingerprint density at radius 1 is 1.29 bits per heavy atom. The number of hydrogen-bond acceptors (Lipinski definition) is 5. The van der Waals surface area contributed by atoms with Crippen LogP contribution in [0, 0.1) is 25.7 Å². The van der Waals surface area contributed by atoms with Crippen molar-refractivity contribution in [2.45, 2.75) is 75.6 Å². The molecule has 9 heteroatoms. The third kappa shape index (κ3) is 3.85. The first-order valence-electron chi connectivity index (χ1n) is 12.1. The van der Waals surface area contributed by atoms with E-state index in [0.29, 0.717) is 25.1 Å². The summed E-state index contributed by atoms with van der Waals surface area (Å²) in [7, 11) is 0. The Morgan fingerprint density at radius 3 is 2.68 bits per heavy atom. The maximum Gasteiger partial charge on any atom is 0.250 e. The van der Waals surface area contributed by atoms with Crippen LogP contribution in [0.1, 0.15) is 44.2 Å². The minimum absolute atomic E-state index is 0.154. The summed E-state index contributed by atoms with van der Waals surface area (Å²) in [5.74, 6) is -2.32. The molecule has 4 rings (SSSR count). The molecule has 3 fully saturated rings. The highest BCUT2D eigenvalue weighted by molar-refractivity contribution is 9.09. The number of amides is 3. The Labute approximate surface area is 208 Å². The van der Waals surface area contributed by atoms with E-state index in [2.05, 4.69) is 26.6 Å². The standard InChI is InChI=1S/C25H34BrN3O5/c1-5-9-27-22(31)18-19-24(33)29(15(6-2)12-30)21(25(19)11-16(26)20(18)34-25)23(32)28-17-10-13(3)7-8-14(17)4/h7-8,10,15-16,18-21,30H,5-6,9,11-12H2,1-4H3,(H,27,31)(H,28,32)/t15-,16?,18-,19-,20-,21?,25?/m0/s1. The second-order valence-corrected chi connectivity index (χ2v) is 10.9. The molecule has 0 aromatic heterocycles. The molecule has 3 amide bonds. The number of alkyl halides is 1. The average molecular weight is 536 g/mol. The fourth-order valence-corrected chi connectivity index (χ4v) is 6.85. The molecule has 186 valence electrons. The van der Waals surface area contributed by atoms with Gasteiger partial charge in [0.1, 0.15) is 11.6 Å². The van der Waals surface area contributed by atoms with E-state index in [1.54, 1.807) is 0 Å². The summed E-state index contributed by atoms with van der Waals surface area (Å²) in [6.45, 7) is 7.94. The smallest absolute Gasteiger partial charge is 0.250 e. The number of anilines is 1. The molecule has 7 atom stereocenters. The predicted molar refractivity (Wildman–Crippen MR) is 132 cm³/mol. The quantitative estimate of drug-likeness (QED) is 0.442. The molecular formula is C25H34BrN3O5. The maximum atomic E-state index is 13.9. The van der Waals surface area contributed by atoms with Gasteiger partial charge in [0, 0.05) is 17.1 Å². The summed E-state index contributed by atoms with van der Waals surface area (Å²) in [6.07, 6.45) is 1.21. The molecule has 3 saturated heterocycles. The SMILES string of the molecule is CCCNC(=O)[C@H]1[C@H]2C(=O)N([C@@H](CC)CO)C(C(=O)Nc3cc(C)ccc3C)C23CC(Br)[C@@H]1O3. The molecule has 34 heavy (non-hydrogen) atoms. The Kier molecular flexibility index (Phi) is 7.09. The number of hydrogen-bond donors (Lipinski definition) is 3. The van der Waals surface area contributed by atoms with E-state index in [1.165, 1.54) is 4.90 Å². The predicted octanol–water partition coefficient (Wildman–Crippen LogP) is 2.29. The lowest BCUT2D eigenvalue weighted by molar-refractivity contribution is -0.144. The Bertz CT molecular complexity index is 983. The molecule has 0 radical (unpaired) electrons. The third-order valence-electron chi connectivity index (χ3n) is 7.55. The number of benzene rings is 1. The fraction of sp³-hybridized carbons (Fsp3) is 0.640. The normalized spacial score (nSPS) is 32.6. The van der Waals surface area contributed by atoms with Crippen LogP contribution in [0.5, 0.6) is 0 Å².